The molecule has 2 aliphatic heterocycles. The molecule has 0 spiro atoms. The molecular weight excluding hydrogens is 460 g/mol. The van der Waals surface area contributed by atoms with E-state index in [1.165, 1.54) is 56.4 Å². The maximum atomic E-state index is 4.92. The fourth-order valence-corrected chi connectivity index (χ4v) is 5.60. The minimum absolute atomic E-state index is 0.809. The molecule has 0 aliphatic carbocycles. The first-order valence-corrected chi connectivity index (χ1v) is 12.8. The first-order chi connectivity index (χ1) is 15.7. The number of likely N-dealkylation sites (tertiary alicyclic amines) is 1. The van der Waals surface area contributed by atoms with Gasteiger partial charge in [-0.05, 0) is 67.6 Å². The molecule has 2 aromatic carbocycles. The topological polar surface area (TPSA) is 22.6 Å². The van der Waals surface area contributed by atoms with Gasteiger partial charge in [-0.3, -0.25) is 4.90 Å². The molecule has 2 saturated heterocycles. The average Bonchev–Trinajstić information content (AvgIpc) is 2.84. The van der Waals surface area contributed by atoms with Crippen LogP contribution < -0.4 is 4.90 Å². The molecule has 1 aromatic heterocycles. The van der Waals surface area contributed by atoms with E-state index in [2.05, 4.69) is 91.3 Å². The normalized spacial score (nSPS) is 20.7. The van der Waals surface area contributed by atoms with Crippen molar-refractivity contribution in [2.24, 2.45) is 5.92 Å². The summed E-state index contributed by atoms with van der Waals surface area (Å²) in [6.07, 6.45) is 3.89. The highest BCUT2D eigenvalue weighted by Crippen LogP contribution is 2.23. The number of rotatable bonds is 6. The molecule has 0 bridgehead atoms. The van der Waals surface area contributed by atoms with Gasteiger partial charge in [-0.25, -0.2) is 4.98 Å². The lowest BCUT2D eigenvalue weighted by atomic mass is 9.96. The highest BCUT2D eigenvalue weighted by Gasteiger charge is 2.24. The Morgan fingerprint density at radius 1 is 0.875 bits per heavy atom. The van der Waals surface area contributed by atoms with Crippen LogP contribution in [0.1, 0.15) is 18.4 Å². The lowest BCUT2D eigenvalue weighted by Gasteiger charge is -2.39. The Morgan fingerprint density at radius 2 is 1.72 bits per heavy atom. The Balaban J connectivity index is 1.10. The summed E-state index contributed by atoms with van der Waals surface area (Å²) in [7, 11) is 0. The van der Waals surface area contributed by atoms with Gasteiger partial charge in [0.15, 0.2) is 0 Å². The zero-order valence-corrected chi connectivity index (χ0v) is 20.4. The van der Waals surface area contributed by atoms with Gasteiger partial charge in [0, 0.05) is 55.7 Å². The molecule has 1 atom stereocenters. The standard InChI is InChI=1S/C27H33BrN4/c28-25-9-10-26-24(19-25)8-11-27(29-26)32-17-15-31(16-18-32)21-23-7-4-13-30(20-23)14-12-22-5-2-1-3-6-22/h1-3,5-6,8-11,19,23H,4,7,12-18,20-21H2/t23-/m1/s1. The molecule has 2 aliphatic rings. The Bertz CT molecular complexity index is 1020. The van der Waals surface area contributed by atoms with Crippen LogP contribution in [-0.4, -0.2) is 67.1 Å². The number of nitrogens with zero attached hydrogens (tertiary/aromatic N) is 4. The molecule has 4 nitrogen and oxygen atoms in total. The third kappa shape index (κ3) is 5.51. The van der Waals surface area contributed by atoms with Crippen LogP contribution in [0.25, 0.3) is 10.9 Å². The smallest absolute Gasteiger partial charge is 0.129 e. The number of piperidine rings is 1. The molecule has 0 saturated carbocycles. The van der Waals surface area contributed by atoms with Gasteiger partial charge >= 0.3 is 0 Å². The van der Waals surface area contributed by atoms with Gasteiger partial charge in [-0.1, -0.05) is 46.3 Å². The molecule has 5 heteroatoms. The van der Waals surface area contributed by atoms with Crippen LogP contribution in [0.2, 0.25) is 0 Å². The predicted molar refractivity (Wildman–Crippen MR) is 137 cm³/mol. The minimum Gasteiger partial charge on any atom is -0.354 e. The minimum atomic E-state index is 0.809. The maximum absolute atomic E-state index is 4.92. The van der Waals surface area contributed by atoms with Crippen LogP contribution in [0.3, 0.4) is 0 Å². The van der Waals surface area contributed by atoms with Crippen molar-refractivity contribution in [1.82, 2.24) is 14.8 Å². The van der Waals surface area contributed by atoms with E-state index >= 15 is 0 Å². The summed E-state index contributed by atoms with van der Waals surface area (Å²) in [5.41, 5.74) is 2.53. The SMILES string of the molecule is Brc1ccc2nc(N3CCN(C[C@@H]4CCCN(CCc5ccccc5)C4)CC3)ccc2c1. The van der Waals surface area contributed by atoms with E-state index in [1.807, 2.05) is 0 Å². The molecule has 5 rings (SSSR count). The second-order valence-electron chi connectivity index (χ2n) is 9.34. The summed E-state index contributed by atoms with van der Waals surface area (Å²) in [5, 5.41) is 1.19. The third-order valence-corrected chi connectivity index (χ3v) is 7.51. The number of benzene rings is 2. The molecule has 3 aromatic rings. The van der Waals surface area contributed by atoms with Crippen molar-refractivity contribution in [3.05, 3.63) is 70.7 Å². The van der Waals surface area contributed by atoms with Crippen molar-refractivity contribution in [2.75, 3.05) is 57.3 Å². The molecule has 0 radical (unpaired) electrons. The van der Waals surface area contributed by atoms with Crippen LogP contribution in [0, 0.1) is 5.92 Å². The van der Waals surface area contributed by atoms with Crippen LogP contribution in [0.4, 0.5) is 5.82 Å². The van der Waals surface area contributed by atoms with Crippen LogP contribution >= 0.6 is 15.9 Å². The molecule has 2 fully saturated rings. The second kappa shape index (κ2) is 10.3. The molecule has 0 unspecified atom stereocenters. The van der Waals surface area contributed by atoms with Crippen LogP contribution in [-0.2, 0) is 6.42 Å². The summed E-state index contributed by atoms with van der Waals surface area (Å²) in [5.74, 6) is 1.92. The van der Waals surface area contributed by atoms with Crippen LogP contribution in [0.5, 0.6) is 0 Å². The lowest BCUT2D eigenvalue weighted by Crippen LogP contribution is -2.50. The van der Waals surface area contributed by atoms with Gasteiger partial charge in [0.2, 0.25) is 0 Å². The molecule has 168 valence electrons. The van der Waals surface area contributed by atoms with Crippen molar-refractivity contribution < 1.29 is 0 Å². The van der Waals surface area contributed by atoms with Crippen molar-refractivity contribution >= 4 is 32.7 Å². The number of halogens is 1. The fourth-order valence-electron chi connectivity index (χ4n) is 5.22. The zero-order valence-electron chi connectivity index (χ0n) is 18.8. The summed E-state index contributed by atoms with van der Waals surface area (Å²) in [4.78, 5) is 12.7. The van der Waals surface area contributed by atoms with Gasteiger partial charge in [0.05, 0.1) is 5.52 Å². The van der Waals surface area contributed by atoms with Crippen molar-refractivity contribution in [1.29, 1.82) is 0 Å². The summed E-state index contributed by atoms with van der Waals surface area (Å²) < 4.78 is 1.11. The Labute approximate surface area is 200 Å². The summed E-state index contributed by atoms with van der Waals surface area (Å²) in [6, 6.07) is 21.6. The van der Waals surface area contributed by atoms with Gasteiger partial charge in [-0.2, -0.15) is 0 Å². The predicted octanol–water partition coefficient (Wildman–Crippen LogP) is 5.07. The maximum Gasteiger partial charge on any atom is 0.129 e. The Morgan fingerprint density at radius 3 is 2.56 bits per heavy atom. The number of anilines is 1. The van der Waals surface area contributed by atoms with Crippen LogP contribution in [0.15, 0.2) is 65.1 Å². The molecule has 32 heavy (non-hydrogen) atoms. The van der Waals surface area contributed by atoms with E-state index in [4.69, 9.17) is 4.98 Å². The van der Waals surface area contributed by atoms with Gasteiger partial charge in [0.1, 0.15) is 5.82 Å². The largest absolute Gasteiger partial charge is 0.354 e. The second-order valence-corrected chi connectivity index (χ2v) is 10.3. The monoisotopic (exact) mass is 492 g/mol. The molecule has 3 heterocycles. The third-order valence-electron chi connectivity index (χ3n) is 7.01. The quantitative estimate of drug-likeness (QED) is 0.478. The van der Waals surface area contributed by atoms with E-state index in [-0.39, 0.29) is 0 Å². The summed E-state index contributed by atoms with van der Waals surface area (Å²) >= 11 is 3.55. The molecular formula is C27H33BrN4. The molecule has 0 amide bonds. The van der Waals surface area contributed by atoms with Crippen molar-refractivity contribution in [3.8, 4) is 0 Å². The number of aromatic nitrogens is 1. The van der Waals surface area contributed by atoms with E-state index in [0.717, 1.165) is 47.9 Å². The number of piperazine rings is 1. The van der Waals surface area contributed by atoms with Gasteiger partial charge in [0.25, 0.3) is 0 Å². The first kappa shape index (κ1) is 21.9. The molecule has 0 N–H and O–H groups in total. The van der Waals surface area contributed by atoms with Gasteiger partial charge in [-0.15, -0.1) is 0 Å². The number of pyridine rings is 1. The summed E-state index contributed by atoms with van der Waals surface area (Å²) in [6.45, 7) is 9.38. The van der Waals surface area contributed by atoms with E-state index < -0.39 is 0 Å². The first-order valence-electron chi connectivity index (χ1n) is 12.0. The Hall–Kier alpha value is -1.95. The number of hydrogen-bond donors (Lipinski definition) is 0. The highest BCUT2D eigenvalue weighted by atomic mass is 79.9. The van der Waals surface area contributed by atoms with E-state index in [0.29, 0.717) is 0 Å². The number of hydrogen-bond acceptors (Lipinski definition) is 4. The average molecular weight is 493 g/mol. The Kier molecular flexibility index (Phi) is 7.06. The van der Waals surface area contributed by atoms with E-state index in [1.54, 1.807) is 0 Å². The fraction of sp³-hybridized carbons (Fsp3) is 0.444. The van der Waals surface area contributed by atoms with Crippen molar-refractivity contribution in [3.63, 3.8) is 0 Å². The zero-order chi connectivity index (χ0) is 21.8. The highest BCUT2D eigenvalue weighted by molar-refractivity contribution is 9.10. The lowest BCUT2D eigenvalue weighted by molar-refractivity contribution is 0.130. The van der Waals surface area contributed by atoms with Gasteiger partial charge < -0.3 is 9.80 Å². The van der Waals surface area contributed by atoms with Crippen molar-refractivity contribution in [2.45, 2.75) is 19.3 Å². The van der Waals surface area contributed by atoms with E-state index in [9.17, 15) is 0 Å². The number of fused-ring (bicyclic) bond motifs is 1.